The fourth-order valence-corrected chi connectivity index (χ4v) is 4.28. The van der Waals surface area contributed by atoms with Gasteiger partial charge in [-0.3, -0.25) is 0 Å². The zero-order valence-electron chi connectivity index (χ0n) is 16.7. The molecule has 2 fully saturated rings. The Hall–Kier alpha value is -2.02. The van der Waals surface area contributed by atoms with Crippen LogP contribution in [-0.4, -0.2) is 56.0 Å². The summed E-state index contributed by atoms with van der Waals surface area (Å²) < 4.78 is 11.1. The van der Waals surface area contributed by atoms with Crippen LogP contribution in [0, 0.1) is 6.92 Å². The third kappa shape index (κ3) is 4.35. The number of hydrogen-bond acceptors (Lipinski definition) is 6. The van der Waals surface area contributed by atoms with Gasteiger partial charge in [0.05, 0.1) is 13.2 Å². The molecule has 0 spiro atoms. The zero-order chi connectivity index (χ0) is 19.2. The Bertz CT molecular complexity index is 753. The minimum atomic E-state index is 0.137. The topological polar surface area (TPSA) is 59.5 Å². The van der Waals surface area contributed by atoms with Gasteiger partial charge in [0, 0.05) is 62.8 Å². The second kappa shape index (κ2) is 8.99. The lowest BCUT2D eigenvalue weighted by Gasteiger charge is -2.39. The van der Waals surface area contributed by atoms with Gasteiger partial charge in [0.25, 0.3) is 0 Å². The average Bonchev–Trinajstić information content (AvgIpc) is 2.76. The monoisotopic (exact) mass is 382 g/mol. The molecule has 0 radical (unpaired) electrons. The molecular formula is C22H30N4O2. The van der Waals surface area contributed by atoms with Crippen molar-refractivity contribution in [2.45, 2.75) is 31.7 Å². The first-order valence-electron chi connectivity index (χ1n) is 10.3. The Morgan fingerprint density at radius 3 is 2.39 bits per heavy atom. The van der Waals surface area contributed by atoms with Crippen LogP contribution in [0.3, 0.4) is 0 Å². The molecule has 2 aliphatic rings. The van der Waals surface area contributed by atoms with Crippen LogP contribution in [0.4, 0.5) is 5.95 Å². The fraction of sp³-hybridized carbons (Fsp3) is 0.545. The molecule has 0 amide bonds. The van der Waals surface area contributed by atoms with Crippen LogP contribution in [-0.2, 0) is 21.4 Å². The van der Waals surface area contributed by atoms with Gasteiger partial charge in [-0.25, -0.2) is 9.97 Å². The van der Waals surface area contributed by atoms with Gasteiger partial charge in [-0.1, -0.05) is 24.3 Å². The van der Waals surface area contributed by atoms with Crippen molar-refractivity contribution in [1.82, 2.24) is 15.3 Å². The molecular weight excluding hydrogens is 352 g/mol. The van der Waals surface area contributed by atoms with Crippen LogP contribution >= 0.6 is 0 Å². The van der Waals surface area contributed by atoms with Crippen LogP contribution in [0.2, 0.25) is 0 Å². The van der Waals surface area contributed by atoms with Gasteiger partial charge in [-0.15, -0.1) is 0 Å². The second-order valence-corrected chi connectivity index (χ2v) is 7.80. The minimum Gasteiger partial charge on any atom is -0.381 e. The van der Waals surface area contributed by atoms with Crippen LogP contribution in [0.15, 0.2) is 36.7 Å². The largest absolute Gasteiger partial charge is 0.381 e. The van der Waals surface area contributed by atoms with Gasteiger partial charge in [-0.05, 0) is 30.9 Å². The molecule has 6 heteroatoms. The normalized spacial score (nSPS) is 19.5. The Morgan fingerprint density at radius 1 is 1.00 bits per heavy atom. The molecule has 1 N–H and O–H groups in total. The summed E-state index contributed by atoms with van der Waals surface area (Å²) in [6.07, 6.45) is 5.99. The second-order valence-electron chi connectivity index (χ2n) is 7.80. The molecule has 0 saturated carbocycles. The number of aryl methyl sites for hydroxylation is 1. The van der Waals surface area contributed by atoms with Gasteiger partial charge in [-0.2, -0.15) is 0 Å². The molecule has 28 heavy (non-hydrogen) atoms. The molecule has 0 aliphatic carbocycles. The van der Waals surface area contributed by atoms with Crippen molar-refractivity contribution < 1.29 is 9.47 Å². The van der Waals surface area contributed by atoms with E-state index in [1.165, 1.54) is 11.1 Å². The number of anilines is 1. The summed E-state index contributed by atoms with van der Waals surface area (Å²) in [5.74, 6) is 0.799. The van der Waals surface area contributed by atoms with E-state index in [0.29, 0.717) is 0 Å². The number of rotatable bonds is 6. The highest BCUT2D eigenvalue weighted by atomic mass is 16.5. The van der Waals surface area contributed by atoms with Crippen molar-refractivity contribution in [3.63, 3.8) is 0 Å². The molecule has 2 aromatic rings. The summed E-state index contributed by atoms with van der Waals surface area (Å²) in [7, 11) is 0. The highest BCUT2D eigenvalue weighted by Gasteiger charge is 2.35. The summed E-state index contributed by atoms with van der Waals surface area (Å²) in [5.41, 5.74) is 4.07. The van der Waals surface area contributed by atoms with Gasteiger partial charge in [0.2, 0.25) is 5.95 Å². The lowest BCUT2D eigenvalue weighted by molar-refractivity contribution is 0.0495. The molecule has 0 bridgehead atoms. The smallest absolute Gasteiger partial charge is 0.225 e. The highest BCUT2D eigenvalue weighted by Crippen LogP contribution is 2.36. The van der Waals surface area contributed by atoms with Crippen molar-refractivity contribution in [3.05, 3.63) is 53.3 Å². The van der Waals surface area contributed by atoms with Crippen LogP contribution in [0.1, 0.15) is 29.5 Å². The van der Waals surface area contributed by atoms with E-state index >= 15 is 0 Å². The third-order valence-corrected chi connectivity index (χ3v) is 5.94. The number of ether oxygens (including phenoxy) is 2. The summed E-state index contributed by atoms with van der Waals surface area (Å²) in [4.78, 5) is 11.3. The molecule has 1 aromatic heterocycles. The van der Waals surface area contributed by atoms with Gasteiger partial charge < -0.3 is 19.7 Å². The Labute approximate surface area is 167 Å². The quantitative estimate of drug-likeness (QED) is 0.828. The van der Waals surface area contributed by atoms with Crippen molar-refractivity contribution in [2.75, 3.05) is 51.0 Å². The maximum absolute atomic E-state index is 5.66. The van der Waals surface area contributed by atoms with Gasteiger partial charge in [0.1, 0.15) is 0 Å². The summed E-state index contributed by atoms with van der Waals surface area (Å²) in [6.45, 7) is 8.79. The SMILES string of the molecule is Cc1ccccc1C1(CNCc2cnc(N3CCOCC3)nc2)CCOCC1. The Kier molecular flexibility index (Phi) is 6.20. The van der Waals surface area contributed by atoms with E-state index in [0.717, 1.165) is 77.0 Å². The van der Waals surface area contributed by atoms with E-state index in [2.05, 4.69) is 51.4 Å². The predicted molar refractivity (Wildman–Crippen MR) is 110 cm³/mol. The average molecular weight is 383 g/mol. The number of hydrogen-bond donors (Lipinski definition) is 1. The molecule has 4 rings (SSSR count). The third-order valence-electron chi connectivity index (χ3n) is 5.94. The Morgan fingerprint density at radius 2 is 1.68 bits per heavy atom. The van der Waals surface area contributed by atoms with Crippen LogP contribution in [0.5, 0.6) is 0 Å². The summed E-state index contributed by atoms with van der Waals surface area (Å²) in [6, 6.07) is 8.76. The Balaban J connectivity index is 1.39. The number of morpholine rings is 1. The van der Waals surface area contributed by atoms with E-state index in [1.54, 1.807) is 0 Å². The first-order chi connectivity index (χ1) is 13.8. The summed E-state index contributed by atoms with van der Waals surface area (Å²) in [5, 5.41) is 3.67. The van der Waals surface area contributed by atoms with Crippen molar-refractivity contribution in [1.29, 1.82) is 0 Å². The van der Waals surface area contributed by atoms with E-state index in [1.807, 2.05) is 12.4 Å². The van der Waals surface area contributed by atoms with E-state index in [4.69, 9.17) is 9.47 Å². The van der Waals surface area contributed by atoms with E-state index < -0.39 is 0 Å². The molecule has 2 saturated heterocycles. The van der Waals surface area contributed by atoms with Crippen molar-refractivity contribution >= 4 is 5.95 Å². The lowest BCUT2D eigenvalue weighted by Crippen LogP contribution is -2.43. The maximum atomic E-state index is 5.66. The highest BCUT2D eigenvalue weighted by molar-refractivity contribution is 5.34. The number of nitrogens with one attached hydrogen (secondary N) is 1. The van der Waals surface area contributed by atoms with Crippen molar-refractivity contribution in [3.8, 4) is 0 Å². The van der Waals surface area contributed by atoms with Crippen LogP contribution < -0.4 is 10.2 Å². The molecule has 0 unspecified atom stereocenters. The zero-order valence-corrected chi connectivity index (χ0v) is 16.7. The number of aromatic nitrogens is 2. The molecule has 3 heterocycles. The maximum Gasteiger partial charge on any atom is 0.225 e. The lowest BCUT2D eigenvalue weighted by atomic mass is 9.72. The van der Waals surface area contributed by atoms with E-state index in [-0.39, 0.29) is 5.41 Å². The molecule has 6 nitrogen and oxygen atoms in total. The number of benzene rings is 1. The first-order valence-corrected chi connectivity index (χ1v) is 10.3. The number of nitrogens with zero attached hydrogens (tertiary/aromatic N) is 3. The van der Waals surface area contributed by atoms with Crippen LogP contribution in [0.25, 0.3) is 0 Å². The van der Waals surface area contributed by atoms with E-state index in [9.17, 15) is 0 Å². The van der Waals surface area contributed by atoms with Crippen molar-refractivity contribution in [2.24, 2.45) is 0 Å². The first kappa shape index (κ1) is 19.3. The van der Waals surface area contributed by atoms with Gasteiger partial charge in [0.15, 0.2) is 0 Å². The van der Waals surface area contributed by atoms with Gasteiger partial charge >= 0.3 is 0 Å². The molecule has 150 valence electrons. The predicted octanol–water partition coefficient (Wildman–Crippen LogP) is 2.46. The summed E-state index contributed by atoms with van der Waals surface area (Å²) >= 11 is 0. The molecule has 0 atom stereocenters. The standard InChI is InChI=1S/C22H30N4O2/c1-18-4-2-3-5-20(18)22(6-10-27-11-7-22)17-23-14-19-15-24-21(25-16-19)26-8-12-28-13-9-26/h2-5,15-16,23H,6-14,17H2,1H3. The molecule has 1 aromatic carbocycles. The fourth-order valence-electron chi connectivity index (χ4n) is 4.28. The minimum absolute atomic E-state index is 0.137. The molecule has 2 aliphatic heterocycles.